The molecular formula is C12H15ClN2O3S. The number of esters is 1. The Bertz CT molecular complexity index is 477. The summed E-state index contributed by atoms with van der Waals surface area (Å²) in [5, 5.41) is 2.77. The van der Waals surface area contributed by atoms with E-state index in [1.54, 1.807) is 0 Å². The van der Waals surface area contributed by atoms with Gasteiger partial charge in [-0.3, -0.25) is 14.5 Å². The summed E-state index contributed by atoms with van der Waals surface area (Å²) in [6, 6.07) is 3.30. The van der Waals surface area contributed by atoms with Gasteiger partial charge in [-0.05, 0) is 12.1 Å². The van der Waals surface area contributed by atoms with Crippen molar-refractivity contribution in [1.82, 2.24) is 10.2 Å². The Hall–Kier alpha value is -1.11. The van der Waals surface area contributed by atoms with Crippen LogP contribution in [-0.4, -0.2) is 43.0 Å². The Morgan fingerprint density at radius 1 is 1.63 bits per heavy atom. The van der Waals surface area contributed by atoms with Crippen molar-refractivity contribution in [2.75, 3.05) is 20.2 Å². The molecule has 19 heavy (non-hydrogen) atoms. The van der Waals surface area contributed by atoms with Gasteiger partial charge in [-0.15, -0.1) is 11.3 Å². The lowest BCUT2D eigenvalue weighted by atomic mass is 10.1. The van der Waals surface area contributed by atoms with Crippen molar-refractivity contribution in [3.63, 3.8) is 0 Å². The molecule has 1 fully saturated rings. The van der Waals surface area contributed by atoms with Crippen molar-refractivity contribution in [2.24, 2.45) is 0 Å². The summed E-state index contributed by atoms with van der Waals surface area (Å²) >= 11 is 7.38. The topological polar surface area (TPSA) is 58.6 Å². The number of hydrogen-bond donors (Lipinski definition) is 1. The second kappa shape index (κ2) is 6.36. The number of carbonyl (C=O) groups is 2. The molecule has 0 spiro atoms. The SMILES string of the molecule is COC(=O)C[C@@H]1C(=O)NCCN1Cc1ccc(Cl)s1. The first-order chi connectivity index (χ1) is 9.10. The van der Waals surface area contributed by atoms with Crippen molar-refractivity contribution in [1.29, 1.82) is 0 Å². The van der Waals surface area contributed by atoms with Gasteiger partial charge in [0.25, 0.3) is 0 Å². The number of hydrogen-bond acceptors (Lipinski definition) is 5. The first-order valence-electron chi connectivity index (χ1n) is 5.93. The van der Waals surface area contributed by atoms with Gasteiger partial charge in [0.2, 0.25) is 5.91 Å². The van der Waals surface area contributed by atoms with Crippen LogP contribution < -0.4 is 5.32 Å². The maximum atomic E-state index is 11.9. The standard InChI is InChI=1S/C12H15ClN2O3S/c1-18-11(16)6-9-12(17)14-4-5-15(9)7-8-2-3-10(13)19-8/h2-3,9H,4-7H2,1H3,(H,14,17)/t9-/m1/s1. The van der Waals surface area contributed by atoms with Gasteiger partial charge in [-0.25, -0.2) is 0 Å². The maximum Gasteiger partial charge on any atom is 0.307 e. The fourth-order valence-electron chi connectivity index (χ4n) is 2.05. The zero-order chi connectivity index (χ0) is 13.8. The van der Waals surface area contributed by atoms with E-state index < -0.39 is 6.04 Å². The summed E-state index contributed by atoms with van der Waals surface area (Å²) in [6.07, 6.45) is 0.0709. The van der Waals surface area contributed by atoms with Gasteiger partial charge in [0.05, 0.1) is 17.9 Å². The zero-order valence-electron chi connectivity index (χ0n) is 10.5. The summed E-state index contributed by atoms with van der Waals surface area (Å²) in [7, 11) is 1.33. The molecule has 0 radical (unpaired) electrons. The fourth-order valence-corrected chi connectivity index (χ4v) is 3.16. The van der Waals surface area contributed by atoms with Crippen molar-refractivity contribution in [2.45, 2.75) is 19.0 Å². The highest BCUT2D eigenvalue weighted by atomic mass is 35.5. The molecule has 1 amide bonds. The molecule has 1 aromatic rings. The lowest BCUT2D eigenvalue weighted by Crippen LogP contribution is -2.55. The highest BCUT2D eigenvalue weighted by Crippen LogP contribution is 2.24. The van der Waals surface area contributed by atoms with E-state index in [0.717, 1.165) is 9.21 Å². The van der Waals surface area contributed by atoms with Crippen molar-refractivity contribution >= 4 is 34.8 Å². The van der Waals surface area contributed by atoms with Crippen LogP contribution in [0.15, 0.2) is 12.1 Å². The molecule has 0 unspecified atom stereocenters. The maximum absolute atomic E-state index is 11.9. The normalized spacial score (nSPS) is 20.1. The number of rotatable bonds is 4. The molecule has 1 aromatic heterocycles. The van der Waals surface area contributed by atoms with Crippen LogP contribution in [0, 0.1) is 0 Å². The van der Waals surface area contributed by atoms with Crippen LogP contribution in [0.5, 0.6) is 0 Å². The smallest absolute Gasteiger partial charge is 0.307 e. The Morgan fingerprint density at radius 2 is 2.42 bits per heavy atom. The average molecular weight is 303 g/mol. The average Bonchev–Trinajstić information content (AvgIpc) is 2.79. The minimum atomic E-state index is -0.470. The van der Waals surface area contributed by atoms with E-state index in [-0.39, 0.29) is 18.3 Å². The van der Waals surface area contributed by atoms with E-state index >= 15 is 0 Å². The third-order valence-electron chi connectivity index (χ3n) is 3.02. The first-order valence-corrected chi connectivity index (χ1v) is 7.12. The molecule has 1 aliphatic rings. The minimum absolute atomic E-state index is 0.0709. The molecule has 7 heteroatoms. The lowest BCUT2D eigenvalue weighted by molar-refractivity contribution is -0.146. The van der Waals surface area contributed by atoms with E-state index in [9.17, 15) is 9.59 Å². The van der Waals surface area contributed by atoms with Gasteiger partial charge >= 0.3 is 5.97 Å². The number of piperazine rings is 1. The molecule has 1 N–H and O–H groups in total. The molecule has 2 rings (SSSR count). The van der Waals surface area contributed by atoms with Crippen molar-refractivity contribution < 1.29 is 14.3 Å². The van der Waals surface area contributed by atoms with Gasteiger partial charge in [-0.1, -0.05) is 11.6 Å². The van der Waals surface area contributed by atoms with Crippen LogP contribution in [0.4, 0.5) is 0 Å². The Kier molecular flexibility index (Phi) is 4.79. The third-order valence-corrected chi connectivity index (χ3v) is 4.23. The van der Waals surface area contributed by atoms with Gasteiger partial charge in [-0.2, -0.15) is 0 Å². The van der Waals surface area contributed by atoms with Gasteiger partial charge < -0.3 is 10.1 Å². The molecular weight excluding hydrogens is 288 g/mol. The van der Waals surface area contributed by atoms with Gasteiger partial charge in [0.15, 0.2) is 0 Å². The molecule has 1 saturated heterocycles. The number of methoxy groups -OCH3 is 1. The molecule has 104 valence electrons. The molecule has 5 nitrogen and oxygen atoms in total. The van der Waals surface area contributed by atoms with Crippen LogP contribution in [0.1, 0.15) is 11.3 Å². The van der Waals surface area contributed by atoms with Crippen LogP contribution in [0.25, 0.3) is 0 Å². The number of ether oxygens (including phenoxy) is 1. The monoisotopic (exact) mass is 302 g/mol. The predicted molar refractivity (Wildman–Crippen MR) is 73.2 cm³/mol. The first kappa shape index (κ1) is 14.3. The molecule has 1 atom stereocenters. The fraction of sp³-hybridized carbons (Fsp3) is 0.500. The number of halogens is 1. The van der Waals surface area contributed by atoms with Crippen LogP contribution in [0.2, 0.25) is 4.34 Å². The summed E-state index contributed by atoms with van der Waals surface area (Å²) in [5.41, 5.74) is 0. The highest BCUT2D eigenvalue weighted by molar-refractivity contribution is 7.16. The number of nitrogens with zero attached hydrogens (tertiary/aromatic N) is 1. The number of carbonyl (C=O) groups excluding carboxylic acids is 2. The van der Waals surface area contributed by atoms with E-state index in [2.05, 4.69) is 10.1 Å². The van der Waals surface area contributed by atoms with Crippen LogP contribution in [-0.2, 0) is 20.9 Å². The van der Waals surface area contributed by atoms with Crippen LogP contribution in [0.3, 0.4) is 0 Å². The second-order valence-electron chi connectivity index (χ2n) is 4.26. The second-order valence-corrected chi connectivity index (χ2v) is 6.06. The molecule has 1 aliphatic heterocycles. The van der Waals surface area contributed by atoms with E-state index in [0.29, 0.717) is 19.6 Å². The van der Waals surface area contributed by atoms with E-state index in [4.69, 9.17) is 11.6 Å². The molecule has 0 saturated carbocycles. The summed E-state index contributed by atoms with van der Waals surface area (Å²) in [5.74, 6) is -0.504. The minimum Gasteiger partial charge on any atom is -0.469 e. The number of amides is 1. The Labute approximate surface area is 120 Å². The van der Waals surface area contributed by atoms with E-state index in [1.807, 2.05) is 17.0 Å². The van der Waals surface area contributed by atoms with Crippen molar-refractivity contribution in [3.05, 3.63) is 21.3 Å². The van der Waals surface area contributed by atoms with Crippen molar-refractivity contribution in [3.8, 4) is 0 Å². The predicted octanol–water partition coefficient (Wildman–Crippen LogP) is 1.27. The highest BCUT2D eigenvalue weighted by Gasteiger charge is 2.32. The third kappa shape index (κ3) is 3.68. The summed E-state index contributed by atoms with van der Waals surface area (Å²) in [4.78, 5) is 26.3. The quantitative estimate of drug-likeness (QED) is 0.851. The zero-order valence-corrected chi connectivity index (χ0v) is 12.1. The molecule has 0 aliphatic carbocycles. The largest absolute Gasteiger partial charge is 0.469 e. The number of thiophene rings is 1. The summed E-state index contributed by atoms with van der Waals surface area (Å²) in [6.45, 7) is 1.92. The van der Waals surface area contributed by atoms with Crippen LogP contribution >= 0.6 is 22.9 Å². The Morgan fingerprint density at radius 3 is 3.05 bits per heavy atom. The molecule has 0 aromatic carbocycles. The molecule has 0 bridgehead atoms. The van der Waals surface area contributed by atoms with Gasteiger partial charge in [0.1, 0.15) is 6.04 Å². The Balaban J connectivity index is 2.06. The summed E-state index contributed by atoms with van der Waals surface area (Å²) < 4.78 is 5.36. The lowest BCUT2D eigenvalue weighted by Gasteiger charge is -2.34. The number of nitrogens with one attached hydrogen (secondary N) is 1. The molecule has 2 heterocycles. The van der Waals surface area contributed by atoms with E-state index in [1.165, 1.54) is 18.4 Å². The van der Waals surface area contributed by atoms with Gasteiger partial charge in [0, 0.05) is 24.5 Å².